The average Bonchev–Trinajstić information content (AvgIpc) is 3.44. The Bertz CT molecular complexity index is 1090. The van der Waals surface area contributed by atoms with Crippen LogP contribution in [0.5, 0.6) is 0 Å². The third kappa shape index (κ3) is 3.44. The lowest BCUT2D eigenvalue weighted by Gasteiger charge is -2.21. The molecule has 1 aromatic heterocycles. The molecule has 0 saturated carbocycles. The van der Waals surface area contributed by atoms with Crippen LogP contribution in [0.4, 0.5) is 14.6 Å². The maximum Gasteiger partial charge on any atom is 0.415 e. The molecule has 4 amide bonds. The van der Waals surface area contributed by atoms with Crippen LogP contribution in [0, 0.1) is 0 Å². The molecule has 1 atom stereocenters. The van der Waals surface area contributed by atoms with Crippen LogP contribution < -0.4 is 4.90 Å². The highest BCUT2D eigenvalue weighted by Gasteiger charge is 2.41. The van der Waals surface area contributed by atoms with Crippen molar-refractivity contribution in [2.45, 2.75) is 12.6 Å². The number of carbonyl (C=O) groups is 4. The van der Waals surface area contributed by atoms with Gasteiger partial charge in [0.2, 0.25) is 0 Å². The Labute approximate surface area is 181 Å². The Morgan fingerprint density at radius 2 is 1.77 bits per heavy atom. The second-order valence-corrected chi connectivity index (χ2v) is 8.20. The minimum absolute atomic E-state index is 0.00122. The number of benzene rings is 1. The maximum absolute atomic E-state index is 12.6. The number of cyclic esters (lactones) is 2. The van der Waals surface area contributed by atoms with Gasteiger partial charge in [0.25, 0.3) is 11.8 Å². The summed E-state index contributed by atoms with van der Waals surface area (Å²) in [7, 11) is 0. The Morgan fingerprint density at radius 3 is 2.48 bits per heavy atom. The summed E-state index contributed by atoms with van der Waals surface area (Å²) in [6.07, 6.45) is 1.54. The van der Waals surface area contributed by atoms with Gasteiger partial charge in [-0.2, -0.15) is 0 Å². The molecule has 4 heterocycles. The van der Waals surface area contributed by atoms with Crippen molar-refractivity contribution in [2.24, 2.45) is 0 Å². The van der Waals surface area contributed by atoms with Gasteiger partial charge in [0.1, 0.15) is 11.1 Å². The second-order valence-electron chi connectivity index (χ2n) is 7.31. The van der Waals surface area contributed by atoms with Crippen molar-refractivity contribution >= 4 is 40.3 Å². The number of nitrogens with zero attached hydrogens (tertiary/aromatic N) is 3. The van der Waals surface area contributed by atoms with E-state index in [9.17, 15) is 19.2 Å². The van der Waals surface area contributed by atoms with E-state index in [1.165, 1.54) is 22.5 Å². The molecule has 3 aliphatic rings. The number of amides is 4. The Balaban J connectivity index is 1.25. The Morgan fingerprint density at radius 1 is 1.03 bits per heavy atom. The molecule has 1 fully saturated rings. The van der Waals surface area contributed by atoms with Crippen molar-refractivity contribution < 1.29 is 28.7 Å². The van der Waals surface area contributed by atoms with Gasteiger partial charge in [-0.25, -0.2) is 9.59 Å². The number of anilines is 1. The molecular weight excluding hydrogens is 422 g/mol. The maximum atomic E-state index is 12.6. The molecule has 0 unspecified atom stereocenters. The number of thiophene rings is 1. The highest BCUT2D eigenvalue weighted by molar-refractivity contribution is 7.14. The van der Waals surface area contributed by atoms with E-state index >= 15 is 0 Å². The molecule has 0 aliphatic carbocycles. The van der Waals surface area contributed by atoms with E-state index in [1.54, 1.807) is 35.2 Å². The molecule has 10 heteroatoms. The third-order valence-corrected chi connectivity index (χ3v) is 6.27. The van der Waals surface area contributed by atoms with Crippen molar-refractivity contribution in [2.75, 3.05) is 24.5 Å². The van der Waals surface area contributed by atoms with Gasteiger partial charge in [0, 0.05) is 6.54 Å². The van der Waals surface area contributed by atoms with Crippen molar-refractivity contribution in [3.63, 3.8) is 0 Å². The van der Waals surface area contributed by atoms with Gasteiger partial charge in [-0.3, -0.25) is 24.3 Å². The summed E-state index contributed by atoms with van der Waals surface area (Å²) in [6, 6.07) is 8.47. The average molecular weight is 439 g/mol. The van der Waals surface area contributed by atoms with E-state index in [4.69, 9.17) is 9.47 Å². The fraction of sp³-hybridized carbons (Fsp3) is 0.238. The largest absolute Gasteiger partial charge is 0.442 e. The Hall–Kier alpha value is -3.66. The number of hydrogen-bond acceptors (Lipinski definition) is 7. The predicted octanol–water partition coefficient (Wildman–Crippen LogP) is 2.84. The summed E-state index contributed by atoms with van der Waals surface area (Å²) in [6.45, 7) is 1.04. The molecule has 2 aromatic rings. The standard InChI is InChI=1S/C21H17N3O6S/c25-18-15-4-1-2-5-16(15)19(26)24(18)11-14-10-23(21(28)30-14)17-8-13(12-31-17)9-22-6-3-7-29-20(22)27/h1-5,7-8,12,14H,6,9-11H2/t14-/m1/s1. The van der Waals surface area contributed by atoms with E-state index in [0.717, 1.165) is 10.5 Å². The molecule has 0 spiro atoms. The number of ether oxygens (including phenoxy) is 2. The van der Waals surface area contributed by atoms with Crippen LogP contribution in [-0.2, 0) is 16.0 Å². The van der Waals surface area contributed by atoms with Crippen LogP contribution in [0.1, 0.15) is 26.3 Å². The zero-order chi connectivity index (χ0) is 21.5. The molecular formula is C21H17N3O6S. The van der Waals surface area contributed by atoms with E-state index in [-0.39, 0.29) is 24.9 Å². The molecule has 1 aromatic carbocycles. The van der Waals surface area contributed by atoms with E-state index in [0.29, 0.717) is 29.2 Å². The number of fused-ring (bicyclic) bond motifs is 1. The minimum atomic E-state index is -0.623. The summed E-state index contributed by atoms with van der Waals surface area (Å²) in [5.41, 5.74) is 1.59. The van der Waals surface area contributed by atoms with Gasteiger partial charge in [-0.15, -0.1) is 11.3 Å². The number of imide groups is 1. The first-order chi connectivity index (χ1) is 15.0. The lowest BCUT2D eigenvalue weighted by Crippen LogP contribution is -2.38. The monoisotopic (exact) mass is 439 g/mol. The first-order valence-corrected chi connectivity index (χ1v) is 10.5. The van der Waals surface area contributed by atoms with Crippen LogP contribution in [0.25, 0.3) is 0 Å². The molecule has 3 aliphatic heterocycles. The highest BCUT2D eigenvalue weighted by Crippen LogP contribution is 2.31. The van der Waals surface area contributed by atoms with Crippen molar-refractivity contribution in [1.29, 1.82) is 0 Å². The molecule has 31 heavy (non-hydrogen) atoms. The van der Waals surface area contributed by atoms with Crippen molar-refractivity contribution in [3.05, 3.63) is 64.7 Å². The minimum Gasteiger partial charge on any atom is -0.442 e. The molecule has 0 radical (unpaired) electrons. The fourth-order valence-corrected chi connectivity index (χ4v) is 4.68. The van der Waals surface area contributed by atoms with E-state index < -0.39 is 18.3 Å². The lowest BCUT2D eigenvalue weighted by atomic mass is 10.1. The summed E-state index contributed by atoms with van der Waals surface area (Å²) in [4.78, 5) is 53.4. The van der Waals surface area contributed by atoms with Crippen molar-refractivity contribution in [3.8, 4) is 0 Å². The van der Waals surface area contributed by atoms with Gasteiger partial charge >= 0.3 is 12.2 Å². The van der Waals surface area contributed by atoms with Gasteiger partial charge in [-0.1, -0.05) is 12.1 Å². The van der Waals surface area contributed by atoms with Gasteiger partial charge in [0.15, 0.2) is 0 Å². The van der Waals surface area contributed by atoms with Crippen LogP contribution in [0.15, 0.2) is 48.0 Å². The van der Waals surface area contributed by atoms with E-state index in [1.807, 2.05) is 11.4 Å². The normalized spacial score (nSPS) is 20.4. The van der Waals surface area contributed by atoms with Crippen LogP contribution in [-0.4, -0.2) is 59.5 Å². The quantitative estimate of drug-likeness (QED) is 0.665. The topological polar surface area (TPSA) is 96.5 Å². The van der Waals surface area contributed by atoms with Gasteiger partial charge in [0.05, 0.1) is 37.0 Å². The number of rotatable bonds is 5. The van der Waals surface area contributed by atoms with E-state index in [2.05, 4.69) is 0 Å². The third-order valence-electron chi connectivity index (χ3n) is 5.27. The number of carbonyl (C=O) groups excluding carboxylic acids is 4. The zero-order valence-electron chi connectivity index (χ0n) is 16.2. The van der Waals surface area contributed by atoms with Gasteiger partial charge in [-0.05, 0) is 35.2 Å². The van der Waals surface area contributed by atoms with Crippen LogP contribution in [0.3, 0.4) is 0 Å². The summed E-state index contributed by atoms with van der Waals surface area (Å²) in [5.74, 6) is -0.757. The Kier molecular flexibility index (Phi) is 4.70. The summed E-state index contributed by atoms with van der Waals surface area (Å²) >= 11 is 1.36. The first-order valence-electron chi connectivity index (χ1n) is 9.62. The molecule has 5 rings (SSSR count). The molecule has 0 N–H and O–H groups in total. The fourth-order valence-electron chi connectivity index (χ4n) is 3.77. The van der Waals surface area contributed by atoms with Crippen molar-refractivity contribution in [1.82, 2.24) is 9.80 Å². The molecule has 9 nitrogen and oxygen atoms in total. The molecule has 1 saturated heterocycles. The zero-order valence-corrected chi connectivity index (χ0v) is 17.0. The molecule has 158 valence electrons. The first kappa shape index (κ1) is 19.3. The number of hydrogen-bond donors (Lipinski definition) is 0. The molecule has 0 bridgehead atoms. The SMILES string of the molecule is O=C1OC=CCN1Cc1csc(N2C[C@H](CN3C(=O)c4ccccc4C3=O)OC2=O)c1. The smallest absolute Gasteiger partial charge is 0.415 e. The summed E-state index contributed by atoms with van der Waals surface area (Å²) in [5, 5.41) is 2.54. The lowest BCUT2D eigenvalue weighted by molar-refractivity contribution is 0.0558. The second kappa shape index (κ2) is 7.55. The highest BCUT2D eigenvalue weighted by atomic mass is 32.1. The van der Waals surface area contributed by atoms with Crippen LogP contribution >= 0.6 is 11.3 Å². The van der Waals surface area contributed by atoms with Crippen LogP contribution in [0.2, 0.25) is 0 Å². The predicted molar refractivity (Wildman–Crippen MR) is 110 cm³/mol. The summed E-state index contributed by atoms with van der Waals surface area (Å²) < 4.78 is 10.3. The van der Waals surface area contributed by atoms with Gasteiger partial charge < -0.3 is 9.47 Å².